The lowest BCUT2D eigenvalue weighted by molar-refractivity contribution is -0.912. The normalized spacial score (nSPS) is 23.9. The maximum Gasteiger partial charge on any atom is 0.122 e. The molecule has 0 spiro atoms. The number of rotatable bonds is 9. The summed E-state index contributed by atoms with van der Waals surface area (Å²) in [5.74, 6) is 2.64. The second-order valence-corrected chi connectivity index (χ2v) is 7.42. The second kappa shape index (κ2) is 9.85. The zero-order valence-corrected chi connectivity index (χ0v) is 15.6. The van der Waals surface area contributed by atoms with Crippen molar-refractivity contribution in [2.75, 3.05) is 39.5 Å². The molecule has 3 nitrogen and oxygen atoms in total. The molecule has 1 heterocycles. The van der Waals surface area contributed by atoms with Gasteiger partial charge in [-0.2, -0.15) is 0 Å². The predicted molar refractivity (Wildman–Crippen MR) is 99.9 cm³/mol. The molecule has 24 heavy (non-hydrogen) atoms. The molecule has 1 aromatic carbocycles. The van der Waals surface area contributed by atoms with E-state index < -0.39 is 0 Å². The van der Waals surface area contributed by atoms with Crippen molar-refractivity contribution < 1.29 is 14.4 Å². The lowest BCUT2D eigenvalue weighted by atomic mass is 9.92. The summed E-state index contributed by atoms with van der Waals surface area (Å²) in [5, 5.41) is 0. The molecule has 0 aromatic heterocycles. The first-order valence-electron chi connectivity index (χ1n) is 9.33. The zero-order valence-electron chi connectivity index (χ0n) is 15.6. The predicted octanol–water partition coefficient (Wildman–Crippen LogP) is 2.68. The number of piperidine rings is 1. The molecule has 1 N–H and O–H groups in total. The average Bonchev–Trinajstić information content (AvgIpc) is 2.52. The van der Waals surface area contributed by atoms with Gasteiger partial charge in [0.15, 0.2) is 0 Å². The Morgan fingerprint density at radius 2 is 1.92 bits per heavy atom. The van der Waals surface area contributed by atoms with Gasteiger partial charge < -0.3 is 14.4 Å². The highest BCUT2D eigenvalue weighted by atomic mass is 16.5. The summed E-state index contributed by atoms with van der Waals surface area (Å²) < 4.78 is 11.7. The van der Waals surface area contributed by atoms with Crippen LogP contribution in [0.15, 0.2) is 30.9 Å². The van der Waals surface area contributed by atoms with Gasteiger partial charge in [-0.3, -0.25) is 0 Å². The van der Waals surface area contributed by atoms with Gasteiger partial charge in [-0.25, -0.2) is 0 Å². The van der Waals surface area contributed by atoms with E-state index in [1.807, 2.05) is 6.08 Å². The molecule has 1 aliphatic heterocycles. The first-order chi connectivity index (χ1) is 11.6. The van der Waals surface area contributed by atoms with Crippen molar-refractivity contribution in [1.29, 1.82) is 0 Å². The van der Waals surface area contributed by atoms with Gasteiger partial charge in [0.05, 0.1) is 26.3 Å². The van der Waals surface area contributed by atoms with Gasteiger partial charge in [-0.05, 0) is 31.4 Å². The smallest absolute Gasteiger partial charge is 0.122 e. The van der Waals surface area contributed by atoms with Crippen molar-refractivity contribution in [3.8, 4) is 5.75 Å². The van der Waals surface area contributed by atoms with Gasteiger partial charge in [0.1, 0.15) is 18.9 Å². The van der Waals surface area contributed by atoms with E-state index >= 15 is 0 Å². The number of ether oxygens (including phenoxy) is 2. The molecule has 0 amide bonds. The number of nitrogens with one attached hydrogen (secondary N) is 1. The monoisotopic (exact) mass is 332 g/mol. The van der Waals surface area contributed by atoms with Crippen LogP contribution >= 0.6 is 0 Å². The van der Waals surface area contributed by atoms with E-state index in [-0.39, 0.29) is 0 Å². The minimum absolute atomic E-state index is 0.606. The van der Waals surface area contributed by atoms with E-state index in [2.05, 4.69) is 45.5 Å². The SMILES string of the molecule is C=CCc1cc(C)ccc1OCCOCC[NH+]1C[C@H](C)C[C@H](C)C1. The van der Waals surface area contributed by atoms with Crippen LogP contribution in [0.3, 0.4) is 0 Å². The largest absolute Gasteiger partial charge is 0.491 e. The third-order valence-corrected chi connectivity index (χ3v) is 4.74. The van der Waals surface area contributed by atoms with Crippen molar-refractivity contribution >= 4 is 0 Å². The maximum absolute atomic E-state index is 5.89. The topological polar surface area (TPSA) is 22.9 Å². The van der Waals surface area contributed by atoms with Gasteiger partial charge in [-0.1, -0.05) is 37.6 Å². The molecule has 0 radical (unpaired) electrons. The standard InChI is InChI=1S/C21H33NO2/c1-5-6-20-14-17(2)7-8-21(20)24-12-11-23-10-9-22-15-18(3)13-19(4)16-22/h5,7-8,14,18-19H,1,6,9-13,15-16H2,2-4H3/p+1/t18-,19+. The van der Waals surface area contributed by atoms with E-state index in [1.54, 1.807) is 4.90 Å². The minimum atomic E-state index is 0.606. The number of benzene rings is 1. The molecule has 1 aliphatic rings. The highest BCUT2D eigenvalue weighted by molar-refractivity contribution is 5.38. The fourth-order valence-electron chi connectivity index (χ4n) is 3.82. The molecule has 134 valence electrons. The molecule has 2 rings (SSSR count). The fraction of sp³-hybridized carbons (Fsp3) is 0.619. The third-order valence-electron chi connectivity index (χ3n) is 4.74. The molecule has 1 fully saturated rings. The van der Waals surface area contributed by atoms with Gasteiger partial charge >= 0.3 is 0 Å². The van der Waals surface area contributed by atoms with E-state index in [4.69, 9.17) is 9.47 Å². The van der Waals surface area contributed by atoms with Crippen molar-refractivity contribution in [1.82, 2.24) is 0 Å². The van der Waals surface area contributed by atoms with Crippen molar-refractivity contribution in [2.24, 2.45) is 11.8 Å². The Kier molecular flexibility index (Phi) is 7.80. The van der Waals surface area contributed by atoms with Crippen LogP contribution in [0.25, 0.3) is 0 Å². The van der Waals surface area contributed by atoms with Crippen molar-refractivity contribution in [3.63, 3.8) is 0 Å². The maximum atomic E-state index is 5.89. The van der Waals surface area contributed by atoms with E-state index in [0.717, 1.165) is 37.2 Å². The number of hydrogen-bond acceptors (Lipinski definition) is 2. The second-order valence-electron chi connectivity index (χ2n) is 7.42. The number of hydrogen-bond donors (Lipinski definition) is 1. The van der Waals surface area contributed by atoms with Crippen LogP contribution in [-0.2, 0) is 11.2 Å². The first-order valence-corrected chi connectivity index (χ1v) is 9.33. The van der Waals surface area contributed by atoms with Crippen LogP contribution in [-0.4, -0.2) is 39.5 Å². The first kappa shape index (κ1) is 19.0. The quantitative estimate of drug-likeness (QED) is 0.555. The molecular weight excluding hydrogens is 298 g/mol. The molecule has 1 aromatic rings. The summed E-state index contributed by atoms with van der Waals surface area (Å²) in [5.41, 5.74) is 2.45. The Labute approximate surface area is 147 Å². The lowest BCUT2D eigenvalue weighted by Crippen LogP contribution is -3.14. The van der Waals surface area contributed by atoms with E-state index in [1.165, 1.54) is 30.6 Å². The van der Waals surface area contributed by atoms with Crippen LogP contribution in [0.2, 0.25) is 0 Å². The average molecular weight is 333 g/mol. The summed E-state index contributed by atoms with van der Waals surface area (Å²) >= 11 is 0. The van der Waals surface area contributed by atoms with Gasteiger partial charge in [0, 0.05) is 11.8 Å². The van der Waals surface area contributed by atoms with Crippen LogP contribution in [0, 0.1) is 18.8 Å². The summed E-state index contributed by atoms with van der Waals surface area (Å²) in [7, 11) is 0. The molecule has 0 aliphatic carbocycles. The molecular formula is C21H34NO2+. The van der Waals surface area contributed by atoms with Gasteiger partial charge in [0.25, 0.3) is 0 Å². The molecule has 1 unspecified atom stereocenters. The van der Waals surface area contributed by atoms with E-state index in [9.17, 15) is 0 Å². The van der Waals surface area contributed by atoms with Gasteiger partial charge in [-0.15, -0.1) is 6.58 Å². The van der Waals surface area contributed by atoms with Crippen molar-refractivity contribution in [3.05, 3.63) is 42.0 Å². The van der Waals surface area contributed by atoms with E-state index in [0.29, 0.717) is 13.2 Å². The third kappa shape index (κ3) is 6.29. The molecule has 0 bridgehead atoms. The number of quaternary nitrogens is 1. The number of likely N-dealkylation sites (tertiary alicyclic amines) is 1. The fourth-order valence-corrected chi connectivity index (χ4v) is 3.82. The van der Waals surface area contributed by atoms with Crippen molar-refractivity contribution in [2.45, 2.75) is 33.6 Å². The van der Waals surface area contributed by atoms with Crippen LogP contribution in [0.5, 0.6) is 5.75 Å². The Bertz CT molecular complexity index is 505. The summed E-state index contributed by atoms with van der Waals surface area (Å²) in [6.45, 7) is 16.4. The lowest BCUT2D eigenvalue weighted by Gasteiger charge is -2.31. The molecule has 3 heteroatoms. The number of allylic oxidation sites excluding steroid dienone is 1. The van der Waals surface area contributed by atoms with Crippen LogP contribution in [0.1, 0.15) is 31.4 Å². The Balaban J connectivity index is 1.64. The molecule has 1 saturated heterocycles. The van der Waals surface area contributed by atoms with Crippen LogP contribution < -0.4 is 9.64 Å². The van der Waals surface area contributed by atoms with Crippen LogP contribution in [0.4, 0.5) is 0 Å². The highest BCUT2D eigenvalue weighted by Gasteiger charge is 2.24. The number of aryl methyl sites for hydroxylation is 1. The Morgan fingerprint density at radius 3 is 2.62 bits per heavy atom. The summed E-state index contributed by atoms with van der Waals surface area (Å²) in [6, 6.07) is 6.31. The minimum Gasteiger partial charge on any atom is -0.491 e. The van der Waals surface area contributed by atoms with Gasteiger partial charge in [0.2, 0.25) is 0 Å². The zero-order chi connectivity index (χ0) is 17.4. The highest BCUT2D eigenvalue weighted by Crippen LogP contribution is 2.20. The summed E-state index contributed by atoms with van der Waals surface area (Å²) in [4.78, 5) is 1.69. The summed E-state index contributed by atoms with van der Waals surface area (Å²) in [6.07, 6.45) is 4.13. The Morgan fingerprint density at radius 1 is 1.17 bits per heavy atom. The Hall–Kier alpha value is -1.32. The molecule has 3 atom stereocenters. The molecule has 0 saturated carbocycles.